The Balaban J connectivity index is 2.11. The molecule has 1 atom stereocenters. The molecule has 1 heterocycles. The minimum absolute atomic E-state index is 0.463. The second kappa shape index (κ2) is 6.45. The molecule has 0 aliphatic heterocycles. The molecule has 19 heavy (non-hydrogen) atoms. The first-order chi connectivity index (χ1) is 9.24. The van der Waals surface area contributed by atoms with Crippen LogP contribution in [0.5, 0.6) is 0 Å². The molecule has 1 N–H and O–H groups in total. The highest BCUT2D eigenvalue weighted by Crippen LogP contribution is 2.18. The van der Waals surface area contributed by atoms with E-state index in [1.54, 1.807) is 11.8 Å². The summed E-state index contributed by atoms with van der Waals surface area (Å²) in [5.41, 5.74) is 1.93. The molecule has 0 spiro atoms. The predicted octanol–water partition coefficient (Wildman–Crippen LogP) is 1.72. The first-order valence-electron chi connectivity index (χ1n) is 6.37. The summed E-state index contributed by atoms with van der Waals surface area (Å²) in [6, 6.07) is 7.78. The third kappa shape index (κ3) is 3.39. The highest BCUT2D eigenvalue weighted by atomic mass is 16.5. The molecule has 0 amide bonds. The molecule has 5 nitrogen and oxygen atoms in total. The van der Waals surface area contributed by atoms with Gasteiger partial charge in [-0.2, -0.15) is 5.10 Å². The molecule has 1 aromatic carbocycles. The van der Waals surface area contributed by atoms with E-state index in [9.17, 15) is 5.11 Å². The summed E-state index contributed by atoms with van der Waals surface area (Å²) in [5, 5.41) is 14.4. The zero-order valence-corrected chi connectivity index (χ0v) is 11.3. The van der Waals surface area contributed by atoms with Gasteiger partial charge in [-0.05, 0) is 18.1 Å². The molecule has 0 saturated carbocycles. The van der Waals surface area contributed by atoms with Gasteiger partial charge in [0.15, 0.2) is 0 Å². The number of aliphatic hydroxyl groups is 1. The van der Waals surface area contributed by atoms with Crippen LogP contribution < -0.4 is 0 Å². The van der Waals surface area contributed by atoms with E-state index in [0.29, 0.717) is 13.0 Å². The van der Waals surface area contributed by atoms with E-state index < -0.39 is 6.10 Å². The quantitative estimate of drug-likeness (QED) is 0.860. The van der Waals surface area contributed by atoms with Crippen molar-refractivity contribution < 1.29 is 9.84 Å². The molecule has 2 aromatic rings. The molecule has 0 fully saturated rings. The highest BCUT2D eigenvalue weighted by Gasteiger charge is 2.13. The number of nitrogens with zero attached hydrogens (tertiary/aromatic N) is 3. The molecule has 5 heteroatoms. The zero-order chi connectivity index (χ0) is 13.7. The number of aryl methyl sites for hydroxylation is 1. The summed E-state index contributed by atoms with van der Waals surface area (Å²) >= 11 is 0. The maximum absolute atomic E-state index is 10.3. The fraction of sp³-hybridized carbons (Fsp3) is 0.429. The third-order valence-electron chi connectivity index (χ3n) is 3.02. The summed E-state index contributed by atoms with van der Waals surface area (Å²) in [5.74, 6) is 0.798. The summed E-state index contributed by atoms with van der Waals surface area (Å²) in [4.78, 5) is 4.18. The van der Waals surface area contributed by atoms with Crippen molar-refractivity contribution in [3.8, 4) is 0 Å². The lowest BCUT2D eigenvalue weighted by Gasteiger charge is -2.12. The van der Waals surface area contributed by atoms with Gasteiger partial charge in [0.2, 0.25) is 0 Å². The van der Waals surface area contributed by atoms with Gasteiger partial charge in [0, 0.05) is 20.1 Å². The van der Waals surface area contributed by atoms with Crippen molar-refractivity contribution in [3.63, 3.8) is 0 Å². The Morgan fingerprint density at radius 2 is 2.26 bits per heavy atom. The largest absolute Gasteiger partial charge is 0.388 e. The summed E-state index contributed by atoms with van der Waals surface area (Å²) in [6.07, 6.45) is 1.41. The van der Waals surface area contributed by atoms with Gasteiger partial charge in [-0.25, -0.2) is 4.98 Å². The van der Waals surface area contributed by atoms with Crippen molar-refractivity contribution in [2.24, 2.45) is 0 Å². The van der Waals surface area contributed by atoms with E-state index in [1.807, 2.05) is 31.2 Å². The van der Waals surface area contributed by atoms with E-state index in [1.165, 1.54) is 6.33 Å². The second-order valence-corrected chi connectivity index (χ2v) is 4.39. The van der Waals surface area contributed by atoms with E-state index in [2.05, 4.69) is 10.1 Å². The van der Waals surface area contributed by atoms with Crippen LogP contribution in [-0.4, -0.2) is 27.0 Å². The Bertz CT molecular complexity index is 525. The normalized spacial score (nSPS) is 12.6. The van der Waals surface area contributed by atoms with Crippen LogP contribution in [0, 0.1) is 0 Å². The minimum atomic E-state index is -0.577. The SMILES string of the molecule is CCn1ncnc1CC(O)c1cccc(COC)c1. The van der Waals surface area contributed by atoms with Gasteiger partial charge in [-0.1, -0.05) is 24.3 Å². The number of ether oxygens (including phenoxy) is 1. The molecule has 0 radical (unpaired) electrons. The highest BCUT2D eigenvalue weighted by molar-refractivity contribution is 5.25. The molecule has 0 bridgehead atoms. The van der Waals surface area contributed by atoms with Crippen molar-refractivity contribution in [3.05, 3.63) is 47.5 Å². The van der Waals surface area contributed by atoms with Crippen LogP contribution in [0.3, 0.4) is 0 Å². The van der Waals surface area contributed by atoms with Gasteiger partial charge in [-0.15, -0.1) is 0 Å². The Hall–Kier alpha value is -1.72. The Kier molecular flexibility index (Phi) is 4.65. The number of benzene rings is 1. The van der Waals surface area contributed by atoms with Gasteiger partial charge in [0.1, 0.15) is 12.2 Å². The Morgan fingerprint density at radius 3 is 3.00 bits per heavy atom. The number of rotatable bonds is 6. The van der Waals surface area contributed by atoms with E-state index >= 15 is 0 Å². The van der Waals surface area contributed by atoms with Crippen molar-refractivity contribution >= 4 is 0 Å². The van der Waals surface area contributed by atoms with E-state index in [4.69, 9.17) is 4.74 Å². The Morgan fingerprint density at radius 1 is 1.42 bits per heavy atom. The fourth-order valence-electron chi connectivity index (χ4n) is 2.06. The number of hydrogen-bond donors (Lipinski definition) is 1. The second-order valence-electron chi connectivity index (χ2n) is 4.39. The monoisotopic (exact) mass is 261 g/mol. The smallest absolute Gasteiger partial charge is 0.138 e. The van der Waals surface area contributed by atoms with Crippen LogP contribution in [-0.2, 0) is 24.3 Å². The average Bonchev–Trinajstić information content (AvgIpc) is 2.86. The number of aromatic nitrogens is 3. The van der Waals surface area contributed by atoms with Crippen LogP contribution >= 0.6 is 0 Å². The maximum Gasteiger partial charge on any atom is 0.138 e. The van der Waals surface area contributed by atoms with E-state index in [0.717, 1.165) is 23.5 Å². The van der Waals surface area contributed by atoms with Gasteiger partial charge < -0.3 is 9.84 Å². The van der Waals surface area contributed by atoms with Crippen LogP contribution in [0.25, 0.3) is 0 Å². The molecule has 1 unspecified atom stereocenters. The lowest BCUT2D eigenvalue weighted by Crippen LogP contribution is -2.09. The van der Waals surface area contributed by atoms with Crippen molar-refractivity contribution in [1.82, 2.24) is 14.8 Å². The first-order valence-corrected chi connectivity index (χ1v) is 6.37. The molecule has 102 valence electrons. The predicted molar refractivity (Wildman–Crippen MR) is 71.5 cm³/mol. The molecule has 0 saturated heterocycles. The van der Waals surface area contributed by atoms with E-state index in [-0.39, 0.29) is 0 Å². The van der Waals surface area contributed by atoms with Gasteiger partial charge >= 0.3 is 0 Å². The molecule has 0 aliphatic rings. The van der Waals surface area contributed by atoms with Crippen LogP contribution in [0.4, 0.5) is 0 Å². The summed E-state index contributed by atoms with van der Waals surface area (Å²) in [6.45, 7) is 3.31. The molecular weight excluding hydrogens is 242 g/mol. The maximum atomic E-state index is 10.3. The number of methoxy groups -OCH3 is 1. The molecule has 1 aromatic heterocycles. The number of aliphatic hydroxyl groups excluding tert-OH is 1. The van der Waals surface area contributed by atoms with Gasteiger partial charge in [0.05, 0.1) is 12.7 Å². The van der Waals surface area contributed by atoms with Crippen LogP contribution in [0.1, 0.15) is 30.0 Å². The summed E-state index contributed by atoms with van der Waals surface area (Å²) < 4.78 is 6.89. The average molecular weight is 261 g/mol. The number of hydrogen-bond acceptors (Lipinski definition) is 4. The fourth-order valence-corrected chi connectivity index (χ4v) is 2.06. The minimum Gasteiger partial charge on any atom is -0.388 e. The van der Waals surface area contributed by atoms with Crippen molar-refractivity contribution in [1.29, 1.82) is 0 Å². The zero-order valence-electron chi connectivity index (χ0n) is 11.3. The third-order valence-corrected chi connectivity index (χ3v) is 3.02. The first kappa shape index (κ1) is 13.7. The Labute approximate surface area is 112 Å². The van der Waals surface area contributed by atoms with Gasteiger partial charge in [-0.3, -0.25) is 4.68 Å². The van der Waals surface area contributed by atoms with Crippen molar-refractivity contribution in [2.75, 3.05) is 7.11 Å². The summed E-state index contributed by atoms with van der Waals surface area (Å²) in [7, 11) is 1.66. The van der Waals surface area contributed by atoms with Gasteiger partial charge in [0.25, 0.3) is 0 Å². The van der Waals surface area contributed by atoms with Crippen molar-refractivity contribution in [2.45, 2.75) is 32.6 Å². The molecule has 0 aliphatic carbocycles. The molecular formula is C14H19N3O2. The standard InChI is InChI=1S/C14H19N3O2/c1-3-17-14(15-10-16-17)8-13(18)12-6-4-5-11(7-12)9-19-2/h4-7,10,13,18H,3,8-9H2,1-2H3. The topological polar surface area (TPSA) is 60.2 Å². The van der Waals surface area contributed by atoms with Crippen LogP contribution in [0.2, 0.25) is 0 Å². The lowest BCUT2D eigenvalue weighted by atomic mass is 10.0. The van der Waals surface area contributed by atoms with Crippen LogP contribution in [0.15, 0.2) is 30.6 Å². The molecule has 2 rings (SSSR count). The lowest BCUT2D eigenvalue weighted by molar-refractivity contribution is 0.171.